The highest BCUT2D eigenvalue weighted by molar-refractivity contribution is 7.92. The summed E-state index contributed by atoms with van der Waals surface area (Å²) in [5.74, 6) is 0.817. The lowest BCUT2D eigenvalue weighted by Crippen LogP contribution is -2.14. The van der Waals surface area contributed by atoms with Crippen molar-refractivity contribution < 1.29 is 13.2 Å². The molecule has 0 saturated heterocycles. The molecule has 4 nitrogen and oxygen atoms in total. The molecule has 0 aromatic heterocycles. The van der Waals surface area contributed by atoms with E-state index >= 15 is 0 Å². The van der Waals surface area contributed by atoms with Crippen molar-refractivity contribution in [3.8, 4) is 5.75 Å². The molecule has 1 aliphatic rings. The summed E-state index contributed by atoms with van der Waals surface area (Å²) >= 11 is 5.89. The fourth-order valence-corrected chi connectivity index (χ4v) is 3.88. The Labute approximate surface area is 128 Å². The standard InChI is InChI=1S/C15H14ClNO3S/c1-10-2-3-12(16)9-15(10)21(18,19)17-13-4-5-14-11(8-13)6-7-20-14/h2-5,8-9,17H,6-7H2,1H3. The van der Waals surface area contributed by atoms with Crippen LogP contribution >= 0.6 is 11.6 Å². The number of sulfonamides is 1. The van der Waals surface area contributed by atoms with E-state index in [1.165, 1.54) is 6.07 Å². The molecule has 0 saturated carbocycles. The van der Waals surface area contributed by atoms with Crippen molar-refractivity contribution in [1.82, 2.24) is 0 Å². The van der Waals surface area contributed by atoms with Gasteiger partial charge in [0.15, 0.2) is 0 Å². The van der Waals surface area contributed by atoms with Gasteiger partial charge in [-0.3, -0.25) is 4.72 Å². The summed E-state index contributed by atoms with van der Waals surface area (Å²) in [6, 6.07) is 10.1. The van der Waals surface area contributed by atoms with Gasteiger partial charge in [0.1, 0.15) is 5.75 Å². The molecule has 0 fully saturated rings. The fourth-order valence-electron chi connectivity index (χ4n) is 2.32. The number of halogens is 1. The molecule has 21 heavy (non-hydrogen) atoms. The van der Waals surface area contributed by atoms with Gasteiger partial charge in [-0.05, 0) is 48.4 Å². The van der Waals surface area contributed by atoms with Crippen molar-refractivity contribution in [2.24, 2.45) is 0 Å². The molecule has 0 radical (unpaired) electrons. The lowest BCUT2D eigenvalue weighted by molar-refractivity contribution is 0.357. The number of hydrogen-bond acceptors (Lipinski definition) is 3. The Hall–Kier alpha value is -1.72. The van der Waals surface area contributed by atoms with Gasteiger partial charge in [-0.25, -0.2) is 8.42 Å². The van der Waals surface area contributed by atoms with E-state index in [9.17, 15) is 8.42 Å². The summed E-state index contributed by atoms with van der Waals surface area (Å²) < 4.78 is 32.9. The summed E-state index contributed by atoms with van der Waals surface area (Å²) in [6.07, 6.45) is 0.793. The molecule has 110 valence electrons. The van der Waals surface area contributed by atoms with Crippen LogP contribution in [0, 0.1) is 6.92 Å². The molecule has 2 aromatic rings. The quantitative estimate of drug-likeness (QED) is 0.942. The zero-order chi connectivity index (χ0) is 15.0. The van der Waals surface area contributed by atoms with Crippen molar-refractivity contribution in [1.29, 1.82) is 0 Å². The molecular weight excluding hydrogens is 310 g/mol. The first kappa shape index (κ1) is 14.2. The predicted octanol–water partition coefficient (Wildman–Crippen LogP) is 3.38. The maximum absolute atomic E-state index is 12.5. The highest BCUT2D eigenvalue weighted by atomic mass is 35.5. The largest absolute Gasteiger partial charge is 0.493 e. The van der Waals surface area contributed by atoms with E-state index in [1.807, 2.05) is 0 Å². The van der Waals surface area contributed by atoms with E-state index < -0.39 is 10.0 Å². The molecule has 0 aliphatic carbocycles. The molecule has 0 amide bonds. The summed E-state index contributed by atoms with van der Waals surface area (Å²) in [6.45, 7) is 2.38. The summed E-state index contributed by atoms with van der Waals surface area (Å²) in [7, 11) is -3.66. The third kappa shape index (κ3) is 2.84. The first-order valence-corrected chi connectivity index (χ1v) is 8.36. The second-order valence-electron chi connectivity index (χ2n) is 4.94. The maximum atomic E-state index is 12.5. The molecule has 2 aromatic carbocycles. The topological polar surface area (TPSA) is 55.4 Å². The van der Waals surface area contributed by atoms with Gasteiger partial charge < -0.3 is 4.74 Å². The minimum atomic E-state index is -3.66. The lowest BCUT2D eigenvalue weighted by Gasteiger charge is -2.11. The van der Waals surface area contributed by atoms with E-state index in [0.29, 0.717) is 22.9 Å². The Kier molecular flexibility index (Phi) is 3.55. The van der Waals surface area contributed by atoms with Crippen molar-refractivity contribution in [2.45, 2.75) is 18.2 Å². The minimum Gasteiger partial charge on any atom is -0.493 e. The Morgan fingerprint density at radius 2 is 2.00 bits per heavy atom. The van der Waals surface area contributed by atoms with Crippen LogP contribution in [-0.2, 0) is 16.4 Å². The van der Waals surface area contributed by atoms with Crippen LogP contribution in [0.1, 0.15) is 11.1 Å². The van der Waals surface area contributed by atoms with E-state index in [1.54, 1.807) is 37.3 Å². The van der Waals surface area contributed by atoms with Crippen LogP contribution in [0.15, 0.2) is 41.3 Å². The Balaban J connectivity index is 1.94. The van der Waals surface area contributed by atoms with Gasteiger partial charge in [-0.1, -0.05) is 17.7 Å². The third-order valence-electron chi connectivity index (χ3n) is 3.38. The van der Waals surface area contributed by atoms with Crippen LogP contribution < -0.4 is 9.46 Å². The number of nitrogens with one attached hydrogen (secondary N) is 1. The highest BCUT2D eigenvalue weighted by Gasteiger charge is 2.19. The van der Waals surface area contributed by atoms with Crippen molar-refractivity contribution in [3.05, 3.63) is 52.5 Å². The summed E-state index contributed by atoms with van der Waals surface area (Å²) in [5, 5.41) is 0.392. The number of hydrogen-bond donors (Lipinski definition) is 1. The molecule has 0 atom stereocenters. The van der Waals surface area contributed by atoms with Gasteiger partial charge in [0, 0.05) is 17.1 Å². The second-order valence-corrected chi connectivity index (χ2v) is 7.02. The monoisotopic (exact) mass is 323 g/mol. The highest BCUT2D eigenvalue weighted by Crippen LogP contribution is 2.29. The first-order valence-electron chi connectivity index (χ1n) is 6.50. The SMILES string of the molecule is Cc1ccc(Cl)cc1S(=O)(=O)Nc1ccc2c(c1)CCO2. The van der Waals surface area contributed by atoms with Crippen LogP contribution in [0.4, 0.5) is 5.69 Å². The van der Waals surface area contributed by atoms with Crippen LogP contribution in [0.25, 0.3) is 0 Å². The zero-order valence-corrected chi connectivity index (χ0v) is 13.0. The molecule has 0 spiro atoms. The number of fused-ring (bicyclic) bond motifs is 1. The van der Waals surface area contributed by atoms with E-state index in [2.05, 4.69) is 4.72 Å². The average Bonchev–Trinajstić information content (AvgIpc) is 2.88. The Morgan fingerprint density at radius 1 is 1.19 bits per heavy atom. The van der Waals surface area contributed by atoms with Crippen LogP contribution in [0.5, 0.6) is 5.75 Å². The lowest BCUT2D eigenvalue weighted by atomic mass is 10.1. The van der Waals surface area contributed by atoms with Gasteiger partial charge in [0.2, 0.25) is 0 Å². The van der Waals surface area contributed by atoms with Gasteiger partial charge in [-0.15, -0.1) is 0 Å². The molecule has 1 N–H and O–H groups in total. The molecule has 3 rings (SSSR count). The molecule has 1 aliphatic heterocycles. The van der Waals surface area contributed by atoms with Gasteiger partial charge in [0.05, 0.1) is 11.5 Å². The zero-order valence-electron chi connectivity index (χ0n) is 11.4. The first-order chi connectivity index (χ1) is 9.95. The smallest absolute Gasteiger partial charge is 0.262 e. The number of benzene rings is 2. The van der Waals surface area contributed by atoms with Gasteiger partial charge in [0.25, 0.3) is 10.0 Å². The summed E-state index contributed by atoms with van der Waals surface area (Å²) in [5.41, 5.74) is 2.19. The minimum absolute atomic E-state index is 0.187. The average molecular weight is 324 g/mol. The summed E-state index contributed by atoms with van der Waals surface area (Å²) in [4.78, 5) is 0.187. The van der Waals surface area contributed by atoms with Gasteiger partial charge in [-0.2, -0.15) is 0 Å². The number of rotatable bonds is 3. The number of anilines is 1. The number of aryl methyl sites for hydroxylation is 1. The second kappa shape index (κ2) is 5.24. The normalized spacial score (nSPS) is 13.6. The van der Waals surface area contributed by atoms with Crippen molar-refractivity contribution in [2.75, 3.05) is 11.3 Å². The third-order valence-corrected chi connectivity index (χ3v) is 5.14. The van der Waals surface area contributed by atoms with E-state index in [-0.39, 0.29) is 4.90 Å². The van der Waals surface area contributed by atoms with E-state index in [0.717, 1.165) is 17.7 Å². The van der Waals surface area contributed by atoms with E-state index in [4.69, 9.17) is 16.3 Å². The van der Waals surface area contributed by atoms with Crippen molar-refractivity contribution >= 4 is 27.3 Å². The predicted molar refractivity (Wildman–Crippen MR) is 82.6 cm³/mol. The molecule has 6 heteroatoms. The van der Waals surface area contributed by atoms with Crippen molar-refractivity contribution in [3.63, 3.8) is 0 Å². The molecule has 0 unspecified atom stereocenters. The fraction of sp³-hybridized carbons (Fsp3) is 0.200. The Bertz CT molecular complexity index is 803. The van der Waals surface area contributed by atoms with Gasteiger partial charge >= 0.3 is 0 Å². The molecule has 0 bridgehead atoms. The van der Waals surface area contributed by atoms with Crippen LogP contribution in [-0.4, -0.2) is 15.0 Å². The maximum Gasteiger partial charge on any atom is 0.262 e. The molecule has 1 heterocycles. The van der Waals surface area contributed by atoms with Crippen LogP contribution in [0.2, 0.25) is 5.02 Å². The Morgan fingerprint density at radius 3 is 2.81 bits per heavy atom. The molecular formula is C15H14ClNO3S. The number of ether oxygens (including phenoxy) is 1. The van der Waals surface area contributed by atoms with Crippen LogP contribution in [0.3, 0.4) is 0 Å².